The Morgan fingerprint density at radius 1 is 1.08 bits per heavy atom. The molecule has 6 heteroatoms. The van der Waals surface area contributed by atoms with Crippen LogP contribution in [0.2, 0.25) is 0 Å². The molecule has 0 bridgehead atoms. The Morgan fingerprint density at radius 3 is 2.28 bits per heavy atom. The first kappa shape index (κ1) is 17.5. The second-order valence-corrected chi connectivity index (χ2v) is 6.94. The maximum absolute atomic E-state index is 6.20. The number of anilines is 1. The van der Waals surface area contributed by atoms with E-state index in [2.05, 4.69) is 41.3 Å². The summed E-state index contributed by atoms with van der Waals surface area (Å²) in [6.45, 7) is 5.02. The van der Waals surface area contributed by atoms with Crippen molar-refractivity contribution < 1.29 is 14.2 Å². The number of hydrogen-bond acceptors (Lipinski definition) is 6. The average molecular weight is 343 g/mol. The second-order valence-electron chi connectivity index (χ2n) is 6.94. The second kappa shape index (κ2) is 7.27. The molecule has 0 amide bonds. The minimum Gasteiger partial charge on any atom is -0.481 e. The SMILES string of the molecule is COc1cc(OC)nc(N[C@@H]2CC(C)(C)[C@@H]2OCc2ccccc2)n1. The lowest BCUT2D eigenvalue weighted by molar-refractivity contribution is -0.110. The van der Waals surface area contributed by atoms with Crippen LogP contribution in [0.1, 0.15) is 25.8 Å². The Balaban J connectivity index is 1.67. The summed E-state index contributed by atoms with van der Waals surface area (Å²) in [5.41, 5.74) is 1.28. The van der Waals surface area contributed by atoms with Gasteiger partial charge in [-0.1, -0.05) is 44.2 Å². The molecule has 1 aromatic heterocycles. The molecule has 0 unspecified atom stereocenters. The van der Waals surface area contributed by atoms with E-state index in [9.17, 15) is 0 Å². The summed E-state index contributed by atoms with van der Waals surface area (Å²) in [5, 5.41) is 3.36. The highest BCUT2D eigenvalue weighted by Crippen LogP contribution is 2.44. The zero-order valence-electron chi connectivity index (χ0n) is 15.2. The van der Waals surface area contributed by atoms with E-state index in [1.54, 1.807) is 20.3 Å². The number of nitrogens with zero attached hydrogens (tertiary/aromatic N) is 2. The van der Waals surface area contributed by atoms with Gasteiger partial charge in [-0.3, -0.25) is 0 Å². The highest BCUT2D eigenvalue weighted by Gasteiger charge is 2.48. The van der Waals surface area contributed by atoms with Crippen molar-refractivity contribution in [3.8, 4) is 11.8 Å². The van der Waals surface area contributed by atoms with Gasteiger partial charge in [0.1, 0.15) is 0 Å². The van der Waals surface area contributed by atoms with Crippen molar-refractivity contribution in [2.45, 2.75) is 39.0 Å². The third kappa shape index (κ3) is 4.02. The van der Waals surface area contributed by atoms with E-state index in [-0.39, 0.29) is 17.6 Å². The van der Waals surface area contributed by atoms with Gasteiger partial charge in [0.2, 0.25) is 17.7 Å². The number of nitrogens with one attached hydrogen (secondary N) is 1. The molecular formula is C19H25N3O3. The van der Waals surface area contributed by atoms with E-state index in [1.807, 2.05) is 18.2 Å². The largest absolute Gasteiger partial charge is 0.481 e. The van der Waals surface area contributed by atoms with Crippen LogP contribution in [0.3, 0.4) is 0 Å². The van der Waals surface area contributed by atoms with Crippen molar-refractivity contribution in [1.29, 1.82) is 0 Å². The quantitative estimate of drug-likeness (QED) is 0.832. The first-order valence-electron chi connectivity index (χ1n) is 8.41. The van der Waals surface area contributed by atoms with Gasteiger partial charge in [0.05, 0.1) is 39.0 Å². The molecule has 2 atom stereocenters. The van der Waals surface area contributed by atoms with Crippen LogP contribution in [0, 0.1) is 5.41 Å². The molecule has 1 aromatic carbocycles. The summed E-state index contributed by atoms with van der Waals surface area (Å²) in [7, 11) is 3.15. The van der Waals surface area contributed by atoms with Gasteiger partial charge in [-0.25, -0.2) is 0 Å². The molecule has 0 spiro atoms. The number of aromatic nitrogens is 2. The molecule has 0 saturated heterocycles. The maximum Gasteiger partial charge on any atom is 0.229 e. The molecule has 1 N–H and O–H groups in total. The maximum atomic E-state index is 6.20. The van der Waals surface area contributed by atoms with Gasteiger partial charge in [-0.15, -0.1) is 0 Å². The third-order valence-electron chi connectivity index (χ3n) is 4.57. The Morgan fingerprint density at radius 2 is 1.72 bits per heavy atom. The molecule has 6 nitrogen and oxygen atoms in total. The van der Waals surface area contributed by atoms with Gasteiger partial charge in [-0.05, 0) is 17.4 Å². The molecule has 0 radical (unpaired) electrons. The normalized spacial score (nSPS) is 21.3. The lowest BCUT2D eigenvalue weighted by atomic mass is 9.65. The number of ether oxygens (including phenoxy) is 3. The Kier molecular flexibility index (Phi) is 5.08. The molecule has 0 aliphatic heterocycles. The number of methoxy groups -OCH3 is 2. The van der Waals surface area contributed by atoms with Crippen LogP contribution < -0.4 is 14.8 Å². The molecule has 1 heterocycles. The van der Waals surface area contributed by atoms with E-state index in [4.69, 9.17) is 14.2 Å². The Hall–Kier alpha value is -2.34. The van der Waals surface area contributed by atoms with Crippen molar-refractivity contribution in [3.63, 3.8) is 0 Å². The molecule has 1 fully saturated rings. The Labute approximate surface area is 148 Å². The minimum absolute atomic E-state index is 0.0773. The van der Waals surface area contributed by atoms with Gasteiger partial charge in [0.25, 0.3) is 0 Å². The van der Waals surface area contributed by atoms with Crippen LogP contribution >= 0.6 is 0 Å². The summed E-state index contributed by atoms with van der Waals surface area (Å²) in [5.74, 6) is 1.43. The Bertz CT molecular complexity index is 684. The molecule has 1 aliphatic rings. The zero-order chi connectivity index (χ0) is 17.9. The monoisotopic (exact) mass is 343 g/mol. The summed E-state index contributed by atoms with van der Waals surface area (Å²) in [6, 6.07) is 12.0. The molecule has 134 valence electrons. The highest BCUT2D eigenvalue weighted by molar-refractivity contribution is 5.36. The first-order chi connectivity index (χ1) is 12.0. The fraction of sp³-hybridized carbons (Fsp3) is 0.474. The molecule has 1 saturated carbocycles. The average Bonchev–Trinajstić information content (AvgIpc) is 2.61. The van der Waals surface area contributed by atoms with Crippen molar-refractivity contribution >= 4 is 5.95 Å². The number of hydrogen-bond donors (Lipinski definition) is 1. The molecule has 1 aliphatic carbocycles. The standard InChI is InChI=1S/C19H25N3O3/c1-19(2)11-14(17(19)25-12-13-8-6-5-7-9-13)20-18-21-15(23-3)10-16(22-18)24-4/h5-10,14,17H,11-12H2,1-4H3,(H,20,21,22)/t14-,17-/m1/s1. The van der Waals surface area contributed by atoms with Crippen LogP contribution in [0.15, 0.2) is 36.4 Å². The van der Waals surface area contributed by atoms with E-state index in [0.717, 1.165) is 6.42 Å². The lowest BCUT2D eigenvalue weighted by Gasteiger charge is -2.51. The summed E-state index contributed by atoms with van der Waals surface area (Å²) >= 11 is 0. The highest BCUT2D eigenvalue weighted by atomic mass is 16.5. The van der Waals surface area contributed by atoms with E-state index < -0.39 is 0 Å². The van der Waals surface area contributed by atoms with Crippen LogP contribution in [0.4, 0.5) is 5.95 Å². The smallest absolute Gasteiger partial charge is 0.229 e. The fourth-order valence-corrected chi connectivity index (χ4v) is 3.25. The van der Waals surface area contributed by atoms with E-state index in [1.165, 1.54) is 5.56 Å². The summed E-state index contributed by atoms with van der Waals surface area (Å²) in [6.07, 6.45) is 1.06. The lowest BCUT2D eigenvalue weighted by Crippen LogP contribution is -2.58. The predicted octanol–water partition coefficient (Wildman–Crippen LogP) is 3.29. The van der Waals surface area contributed by atoms with Crippen LogP contribution in [0.25, 0.3) is 0 Å². The van der Waals surface area contributed by atoms with Crippen molar-refractivity contribution in [2.75, 3.05) is 19.5 Å². The van der Waals surface area contributed by atoms with Gasteiger partial charge in [0, 0.05) is 0 Å². The minimum atomic E-state index is 0.0773. The molecule has 25 heavy (non-hydrogen) atoms. The van der Waals surface area contributed by atoms with Crippen molar-refractivity contribution in [3.05, 3.63) is 42.0 Å². The van der Waals surface area contributed by atoms with Gasteiger partial charge < -0.3 is 19.5 Å². The first-order valence-corrected chi connectivity index (χ1v) is 8.41. The fourth-order valence-electron chi connectivity index (χ4n) is 3.25. The van der Waals surface area contributed by atoms with Crippen LogP contribution in [-0.4, -0.2) is 36.3 Å². The molecular weight excluding hydrogens is 318 g/mol. The van der Waals surface area contributed by atoms with Crippen LogP contribution in [-0.2, 0) is 11.3 Å². The van der Waals surface area contributed by atoms with E-state index >= 15 is 0 Å². The number of benzene rings is 1. The summed E-state index contributed by atoms with van der Waals surface area (Å²) < 4.78 is 16.6. The topological polar surface area (TPSA) is 65.5 Å². The van der Waals surface area contributed by atoms with Gasteiger partial charge in [-0.2, -0.15) is 9.97 Å². The zero-order valence-corrected chi connectivity index (χ0v) is 15.2. The summed E-state index contributed by atoms with van der Waals surface area (Å²) in [4.78, 5) is 8.68. The molecule has 2 aromatic rings. The van der Waals surface area contributed by atoms with Crippen LogP contribution in [0.5, 0.6) is 11.8 Å². The molecule has 3 rings (SSSR count). The van der Waals surface area contributed by atoms with Crippen molar-refractivity contribution in [2.24, 2.45) is 5.41 Å². The third-order valence-corrected chi connectivity index (χ3v) is 4.57. The van der Waals surface area contributed by atoms with Crippen molar-refractivity contribution in [1.82, 2.24) is 9.97 Å². The van der Waals surface area contributed by atoms with E-state index in [0.29, 0.717) is 24.3 Å². The van der Waals surface area contributed by atoms with Gasteiger partial charge in [0.15, 0.2) is 0 Å². The predicted molar refractivity (Wildman–Crippen MR) is 96.0 cm³/mol. The van der Waals surface area contributed by atoms with Gasteiger partial charge >= 0.3 is 0 Å². The number of rotatable bonds is 7.